The van der Waals surface area contributed by atoms with Crippen molar-refractivity contribution in [2.24, 2.45) is 5.92 Å². The number of rotatable bonds is 5. The number of fused-ring (bicyclic) bond motifs is 8. The van der Waals surface area contributed by atoms with Crippen LogP contribution in [0.5, 0.6) is 0 Å². The molecule has 0 N–H and O–H groups in total. The molecule has 3 heterocycles. The van der Waals surface area contributed by atoms with Gasteiger partial charge in [0, 0.05) is 44.2 Å². The molecule has 0 amide bonds. The smallest absolute Gasteiger partial charge is 0.185 e. The van der Waals surface area contributed by atoms with Crippen LogP contribution in [0.25, 0.3) is 94.1 Å². The van der Waals surface area contributed by atoms with Crippen LogP contribution >= 0.6 is 0 Å². The zero-order valence-corrected chi connectivity index (χ0v) is 31.3. The molecule has 7 aromatic carbocycles. The van der Waals surface area contributed by atoms with Gasteiger partial charge in [0.25, 0.3) is 0 Å². The van der Waals surface area contributed by atoms with Crippen LogP contribution in [0.4, 0.5) is 0 Å². The van der Waals surface area contributed by atoms with Crippen LogP contribution in [0.2, 0.25) is 0 Å². The summed E-state index contributed by atoms with van der Waals surface area (Å²) in [5, 5.41) is 6.73. The Labute approximate surface area is 334 Å². The summed E-state index contributed by atoms with van der Waals surface area (Å²) in [6.45, 7) is 0. The molecule has 2 atom stereocenters. The first kappa shape index (κ1) is 32.7. The van der Waals surface area contributed by atoms with Crippen LogP contribution in [0.3, 0.4) is 0 Å². The average Bonchev–Trinajstić information content (AvgIpc) is 3.87. The zero-order valence-electron chi connectivity index (χ0n) is 31.3. The maximum Gasteiger partial charge on any atom is 0.185 e. The summed E-state index contributed by atoms with van der Waals surface area (Å²) < 4.78 is 12.9. The summed E-state index contributed by atoms with van der Waals surface area (Å²) in [5.41, 5.74) is 11.2. The highest BCUT2D eigenvalue weighted by Gasteiger charge is 2.34. The van der Waals surface area contributed by atoms with Gasteiger partial charge in [0.1, 0.15) is 16.7 Å². The van der Waals surface area contributed by atoms with Crippen LogP contribution in [0.1, 0.15) is 30.1 Å². The minimum atomic E-state index is 0.132. The third-order valence-corrected chi connectivity index (χ3v) is 12.0. The lowest BCUT2D eigenvalue weighted by Crippen LogP contribution is -2.21. The number of nitrogens with zero attached hydrogens (tertiary/aromatic N) is 3. The number of benzene rings is 6. The van der Waals surface area contributed by atoms with Crippen LogP contribution in [0, 0.1) is 18.1 Å². The Bertz CT molecular complexity index is 3360. The van der Waals surface area contributed by atoms with E-state index < -0.39 is 0 Å². The van der Waals surface area contributed by atoms with Gasteiger partial charge >= 0.3 is 0 Å². The molecule has 0 fully saturated rings. The van der Waals surface area contributed by atoms with Gasteiger partial charge < -0.3 is 8.83 Å². The van der Waals surface area contributed by atoms with Crippen molar-refractivity contribution in [1.82, 2.24) is 15.0 Å². The zero-order chi connectivity index (χ0) is 38.2. The van der Waals surface area contributed by atoms with E-state index in [-0.39, 0.29) is 11.8 Å². The Morgan fingerprint density at radius 2 is 1.36 bits per heavy atom. The van der Waals surface area contributed by atoms with Crippen LogP contribution in [-0.4, -0.2) is 15.0 Å². The van der Waals surface area contributed by atoms with Gasteiger partial charge in [-0.25, -0.2) is 15.0 Å². The molecule has 5 nitrogen and oxygen atoms in total. The summed E-state index contributed by atoms with van der Waals surface area (Å²) in [4.78, 5) is 15.6. The number of hydrogen-bond donors (Lipinski definition) is 0. The van der Waals surface area contributed by atoms with Gasteiger partial charge in [-0.15, -0.1) is 0 Å². The molecule has 2 aliphatic rings. The van der Waals surface area contributed by atoms with Gasteiger partial charge in [-0.3, -0.25) is 0 Å². The second kappa shape index (κ2) is 13.0. The average molecular weight is 744 g/mol. The van der Waals surface area contributed by atoms with Crippen molar-refractivity contribution < 1.29 is 8.83 Å². The molecule has 58 heavy (non-hydrogen) atoms. The highest BCUT2D eigenvalue weighted by atomic mass is 16.3. The number of aromatic nitrogens is 3. The molecule has 0 aliphatic heterocycles. The van der Waals surface area contributed by atoms with Crippen molar-refractivity contribution >= 4 is 60.2 Å². The Balaban J connectivity index is 0.992. The van der Waals surface area contributed by atoms with Gasteiger partial charge in [-0.05, 0) is 94.3 Å². The van der Waals surface area contributed by atoms with Crippen molar-refractivity contribution in [3.8, 4) is 33.9 Å². The first-order chi connectivity index (χ1) is 28.7. The maximum absolute atomic E-state index is 6.67. The summed E-state index contributed by atoms with van der Waals surface area (Å²) in [6, 6.07) is 54.6. The standard InChI is InChI=1S/C53H33N3O2/c1-2-14-33(15-3-1)51-54-52(56-53(55-51)44-23-12-26-47-50(44)42-20-8-9-24-45(42)57-47)41-30-29-39(37-18-6-7-19-38(37)41)40-22-11-25-46-49(40)43-28-27-34(31-48(43)58-46)36-21-10-16-32-13-4-5-17-35(32)36/h1-8,10-23,25-28,31,37,39H,29-30H2. The maximum atomic E-state index is 6.67. The Hall–Kier alpha value is -7.55. The van der Waals surface area contributed by atoms with E-state index in [1.54, 1.807) is 0 Å². The third-order valence-electron chi connectivity index (χ3n) is 12.0. The summed E-state index contributed by atoms with van der Waals surface area (Å²) in [6.07, 6.45) is 10.7. The minimum Gasteiger partial charge on any atom is -0.456 e. The molecule has 0 spiro atoms. The third kappa shape index (κ3) is 5.16. The van der Waals surface area contributed by atoms with Crippen molar-refractivity contribution in [2.45, 2.75) is 18.8 Å². The van der Waals surface area contributed by atoms with Crippen LogP contribution in [-0.2, 0) is 0 Å². The van der Waals surface area contributed by atoms with Crippen molar-refractivity contribution in [3.05, 3.63) is 193 Å². The van der Waals surface area contributed by atoms with E-state index in [2.05, 4.69) is 133 Å². The number of hydrogen-bond acceptors (Lipinski definition) is 5. The van der Waals surface area contributed by atoms with E-state index >= 15 is 0 Å². The Morgan fingerprint density at radius 1 is 0.569 bits per heavy atom. The van der Waals surface area contributed by atoms with E-state index in [1.807, 2.05) is 42.5 Å². The fourth-order valence-electron chi connectivity index (χ4n) is 9.42. The predicted molar refractivity (Wildman–Crippen MR) is 233 cm³/mol. The lowest BCUT2D eigenvalue weighted by atomic mass is 9.69. The molecule has 0 radical (unpaired) electrons. The molecule has 3 aromatic heterocycles. The van der Waals surface area contributed by atoms with E-state index in [9.17, 15) is 0 Å². The summed E-state index contributed by atoms with van der Waals surface area (Å²) >= 11 is 0. The monoisotopic (exact) mass is 743 g/mol. The van der Waals surface area contributed by atoms with Gasteiger partial charge in [-0.2, -0.15) is 0 Å². The lowest BCUT2D eigenvalue weighted by Gasteiger charge is -2.34. The van der Waals surface area contributed by atoms with Gasteiger partial charge in [0.15, 0.2) is 23.1 Å². The number of furan rings is 2. The molecule has 2 unspecified atom stereocenters. The highest BCUT2D eigenvalue weighted by Crippen LogP contribution is 2.49. The molecule has 272 valence electrons. The molecule has 0 saturated heterocycles. The van der Waals surface area contributed by atoms with E-state index in [1.165, 1.54) is 32.9 Å². The SMILES string of the molecule is c1ccc2c(c#1)oc1cccc(-c3nc(C4=C5C=CC=CC5C(c5cccc6oc7cc(-c8cccc9ccccc89)ccc7c56)CC4)nc(-c4ccccc4)n3)c12. The molecule has 0 bridgehead atoms. The number of allylic oxidation sites excluding steroid dienone is 6. The van der Waals surface area contributed by atoms with E-state index in [0.717, 1.165) is 68.0 Å². The van der Waals surface area contributed by atoms with E-state index in [4.69, 9.17) is 23.8 Å². The molecule has 0 saturated carbocycles. The van der Waals surface area contributed by atoms with Gasteiger partial charge in [-0.1, -0.05) is 133 Å². The highest BCUT2D eigenvalue weighted by molar-refractivity contribution is 6.12. The Kier molecular flexibility index (Phi) is 7.33. The first-order valence-corrected chi connectivity index (χ1v) is 19.8. The topological polar surface area (TPSA) is 65.0 Å². The molecule has 5 heteroatoms. The second-order valence-electron chi connectivity index (χ2n) is 15.2. The van der Waals surface area contributed by atoms with Crippen molar-refractivity contribution in [3.63, 3.8) is 0 Å². The predicted octanol–water partition coefficient (Wildman–Crippen LogP) is 13.5. The molecule has 2 aliphatic carbocycles. The first-order valence-electron chi connectivity index (χ1n) is 19.8. The van der Waals surface area contributed by atoms with Gasteiger partial charge in [0.05, 0.1) is 0 Å². The van der Waals surface area contributed by atoms with Crippen LogP contribution < -0.4 is 0 Å². The fourth-order valence-corrected chi connectivity index (χ4v) is 9.42. The molecule has 10 aromatic rings. The fraction of sp³-hybridized carbons (Fsp3) is 0.0755. The second-order valence-corrected chi connectivity index (χ2v) is 15.2. The molecular weight excluding hydrogens is 711 g/mol. The van der Waals surface area contributed by atoms with E-state index in [0.29, 0.717) is 23.1 Å². The quantitative estimate of drug-likeness (QED) is 0.176. The lowest BCUT2D eigenvalue weighted by molar-refractivity contribution is 0.520. The summed E-state index contributed by atoms with van der Waals surface area (Å²) in [5.74, 6) is 2.33. The van der Waals surface area contributed by atoms with Crippen LogP contribution in [0.15, 0.2) is 178 Å². The minimum absolute atomic E-state index is 0.132. The normalized spacial score (nSPS) is 16.5. The molecule has 12 rings (SSSR count). The largest absolute Gasteiger partial charge is 0.456 e. The van der Waals surface area contributed by atoms with Crippen molar-refractivity contribution in [2.75, 3.05) is 0 Å². The Morgan fingerprint density at radius 3 is 2.31 bits per heavy atom. The van der Waals surface area contributed by atoms with Gasteiger partial charge in [0.2, 0.25) is 0 Å². The summed E-state index contributed by atoms with van der Waals surface area (Å²) in [7, 11) is 0. The van der Waals surface area contributed by atoms with Crippen molar-refractivity contribution in [1.29, 1.82) is 0 Å². The molecular formula is C53H33N3O2.